The van der Waals surface area contributed by atoms with Crippen LogP contribution in [0.15, 0.2) is 36.7 Å². The number of nitrogens with zero attached hydrogens (tertiary/aromatic N) is 3. The summed E-state index contributed by atoms with van der Waals surface area (Å²) in [5.74, 6) is 0.954. The lowest BCUT2D eigenvalue weighted by Gasteiger charge is -2.43. The van der Waals surface area contributed by atoms with Crippen molar-refractivity contribution >= 4 is 40.3 Å². The number of amides is 2. The topological polar surface area (TPSA) is 103 Å². The first-order valence-electron chi connectivity index (χ1n) is 13.3. The van der Waals surface area contributed by atoms with Crippen molar-refractivity contribution in [2.45, 2.75) is 89.4 Å². The molecule has 2 aliphatic rings. The van der Waals surface area contributed by atoms with Gasteiger partial charge in [-0.15, -0.1) is 0 Å². The molecule has 0 atom stereocenters. The molecule has 3 aromatic rings. The van der Waals surface area contributed by atoms with Crippen molar-refractivity contribution in [1.29, 1.82) is 0 Å². The molecule has 5 rings (SSSR count). The third-order valence-corrected chi connectivity index (χ3v) is 8.05. The summed E-state index contributed by atoms with van der Waals surface area (Å²) in [7, 11) is 0. The van der Waals surface area contributed by atoms with Crippen LogP contribution in [0.25, 0.3) is 22.2 Å². The standard InChI is InChI=1S/C28H35ClN6O2/c1-17(36)32-20-5-9-22(10-6-20)35(18(2)37)23-11-7-21(8-12-23)33-27-15-19(14-26(29)34-27)25-16-31-28-24(25)4-3-13-30-28/h3-4,13-16,20-23H,5-12H2,1-2H3,(H,30,31)(H,32,36)(H,33,34)/t20?,21-,22?,23-. The average molecular weight is 523 g/mol. The molecule has 3 aromatic heterocycles. The third-order valence-electron chi connectivity index (χ3n) is 7.86. The average Bonchev–Trinajstić information content (AvgIpc) is 3.30. The highest BCUT2D eigenvalue weighted by Crippen LogP contribution is 2.34. The molecule has 9 heteroatoms. The first-order chi connectivity index (χ1) is 17.9. The summed E-state index contributed by atoms with van der Waals surface area (Å²) >= 11 is 6.42. The second kappa shape index (κ2) is 11.1. The molecule has 0 spiro atoms. The summed E-state index contributed by atoms with van der Waals surface area (Å²) in [6.07, 6.45) is 11.3. The van der Waals surface area contributed by atoms with Crippen LogP contribution in [0.1, 0.15) is 65.2 Å². The van der Waals surface area contributed by atoms with Gasteiger partial charge >= 0.3 is 0 Å². The van der Waals surface area contributed by atoms with E-state index in [9.17, 15) is 9.59 Å². The van der Waals surface area contributed by atoms with E-state index in [4.69, 9.17) is 11.6 Å². The molecular formula is C28H35ClN6O2. The summed E-state index contributed by atoms with van der Waals surface area (Å²) < 4.78 is 0. The lowest BCUT2D eigenvalue weighted by Crippen LogP contribution is -2.51. The molecule has 2 fully saturated rings. The Bertz CT molecular complexity index is 1260. The van der Waals surface area contributed by atoms with Crippen molar-refractivity contribution < 1.29 is 9.59 Å². The smallest absolute Gasteiger partial charge is 0.219 e. The Morgan fingerprint density at radius 1 is 1.00 bits per heavy atom. The molecule has 0 radical (unpaired) electrons. The summed E-state index contributed by atoms with van der Waals surface area (Å²) in [5, 5.41) is 8.13. The van der Waals surface area contributed by atoms with Gasteiger partial charge in [0.25, 0.3) is 0 Å². The van der Waals surface area contributed by atoms with E-state index in [1.807, 2.05) is 30.5 Å². The van der Waals surface area contributed by atoms with E-state index >= 15 is 0 Å². The van der Waals surface area contributed by atoms with E-state index in [2.05, 4.69) is 30.5 Å². The fourth-order valence-electron chi connectivity index (χ4n) is 6.23. The Balaban J connectivity index is 1.21. The number of halogens is 1. The van der Waals surface area contributed by atoms with Crippen LogP contribution in [-0.4, -0.2) is 55.8 Å². The monoisotopic (exact) mass is 522 g/mol. The number of carbonyl (C=O) groups is 2. The lowest BCUT2D eigenvalue weighted by atomic mass is 9.85. The maximum atomic E-state index is 12.7. The molecule has 0 saturated heterocycles. The van der Waals surface area contributed by atoms with Crippen LogP contribution in [0, 0.1) is 0 Å². The van der Waals surface area contributed by atoms with Crippen molar-refractivity contribution in [2.24, 2.45) is 0 Å². The molecule has 37 heavy (non-hydrogen) atoms. The van der Waals surface area contributed by atoms with Crippen LogP contribution in [-0.2, 0) is 9.59 Å². The number of hydrogen-bond acceptors (Lipinski definition) is 5. The minimum atomic E-state index is 0.0254. The quantitative estimate of drug-likeness (QED) is 0.381. The summed E-state index contributed by atoms with van der Waals surface area (Å²) in [6.45, 7) is 3.27. The van der Waals surface area contributed by atoms with E-state index in [0.717, 1.165) is 79.3 Å². The second-order valence-electron chi connectivity index (χ2n) is 10.4. The predicted octanol–water partition coefficient (Wildman–Crippen LogP) is 5.30. The zero-order valence-corrected chi connectivity index (χ0v) is 22.2. The highest BCUT2D eigenvalue weighted by molar-refractivity contribution is 6.29. The predicted molar refractivity (Wildman–Crippen MR) is 146 cm³/mol. The second-order valence-corrected chi connectivity index (χ2v) is 10.8. The van der Waals surface area contributed by atoms with Crippen molar-refractivity contribution in [3.63, 3.8) is 0 Å². The van der Waals surface area contributed by atoms with Crippen LogP contribution in [0.4, 0.5) is 5.82 Å². The van der Waals surface area contributed by atoms with Crippen molar-refractivity contribution in [1.82, 2.24) is 25.2 Å². The normalized spacial score (nSPS) is 24.0. The number of nitrogens with one attached hydrogen (secondary N) is 3. The molecule has 3 N–H and O–H groups in total. The van der Waals surface area contributed by atoms with Crippen LogP contribution < -0.4 is 10.6 Å². The summed E-state index contributed by atoms with van der Waals surface area (Å²) in [5.41, 5.74) is 2.88. The molecule has 196 valence electrons. The number of pyridine rings is 2. The van der Waals surface area contributed by atoms with Crippen molar-refractivity contribution in [3.05, 3.63) is 41.8 Å². The molecule has 2 aliphatic carbocycles. The van der Waals surface area contributed by atoms with Crippen LogP contribution in [0.3, 0.4) is 0 Å². The van der Waals surface area contributed by atoms with E-state index in [0.29, 0.717) is 5.15 Å². The van der Waals surface area contributed by atoms with Crippen molar-refractivity contribution in [3.8, 4) is 11.1 Å². The Kier molecular flexibility index (Phi) is 7.65. The van der Waals surface area contributed by atoms with Gasteiger partial charge in [-0.3, -0.25) is 9.59 Å². The molecule has 0 unspecified atom stereocenters. The number of rotatable bonds is 6. The van der Waals surface area contributed by atoms with Gasteiger partial charge in [0.05, 0.1) is 0 Å². The van der Waals surface area contributed by atoms with Crippen molar-refractivity contribution in [2.75, 3.05) is 5.32 Å². The number of hydrogen-bond donors (Lipinski definition) is 3. The van der Waals surface area contributed by atoms with E-state index in [1.165, 1.54) is 0 Å². The molecule has 0 aliphatic heterocycles. The largest absolute Gasteiger partial charge is 0.367 e. The van der Waals surface area contributed by atoms with Crippen LogP contribution in [0.2, 0.25) is 5.15 Å². The summed E-state index contributed by atoms with van der Waals surface area (Å²) in [6, 6.07) is 8.94. The van der Waals surface area contributed by atoms with Gasteiger partial charge in [-0.05, 0) is 81.2 Å². The van der Waals surface area contributed by atoms with Gasteiger partial charge in [-0.25, -0.2) is 9.97 Å². The summed E-state index contributed by atoms with van der Waals surface area (Å²) in [4.78, 5) is 38.3. The Labute approximate surface area is 222 Å². The number of aromatic amines is 1. The molecular weight excluding hydrogens is 488 g/mol. The fraction of sp³-hybridized carbons (Fsp3) is 0.500. The van der Waals surface area contributed by atoms with Gasteiger partial charge in [0, 0.05) is 61.4 Å². The number of anilines is 1. The Hall–Kier alpha value is -3.13. The highest BCUT2D eigenvalue weighted by atomic mass is 35.5. The first-order valence-corrected chi connectivity index (χ1v) is 13.7. The fourth-order valence-corrected chi connectivity index (χ4v) is 6.44. The maximum Gasteiger partial charge on any atom is 0.219 e. The van der Waals surface area contributed by atoms with Gasteiger partial charge < -0.3 is 20.5 Å². The first kappa shape index (κ1) is 25.5. The van der Waals surface area contributed by atoms with Crippen LogP contribution in [0.5, 0.6) is 0 Å². The molecule has 8 nitrogen and oxygen atoms in total. The zero-order valence-electron chi connectivity index (χ0n) is 21.5. The highest BCUT2D eigenvalue weighted by Gasteiger charge is 2.34. The van der Waals surface area contributed by atoms with Crippen LogP contribution >= 0.6 is 11.6 Å². The van der Waals surface area contributed by atoms with E-state index < -0.39 is 0 Å². The Morgan fingerprint density at radius 3 is 2.32 bits per heavy atom. The molecule has 3 heterocycles. The Morgan fingerprint density at radius 2 is 1.68 bits per heavy atom. The number of carbonyl (C=O) groups excluding carboxylic acids is 2. The zero-order chi connectivity index (χ0) is 25.9. The number of H-pyrrole nitrogens is 1. The third kappa shape index (κ3) is 5.90. The van der Waals surface area contributed by atoms with Gasteiger partial charge in [-0.1, -0.05) is 11.6 Å². The minimum Gasteiger partial charge on any atom is -0.367 e. The van der Waals surface area contributed by atoms with E-state index in [1.54, 1.807) is 20.0 Å². The molecule has 2 amide bonds. The number of fused-ring (bicyclic) bond motifs is 1. The van der Waals surface area contributed by atoms with Gasteiger partial charge in [0.1, 0.15) is 16.6 Å². The van der Waals surface area contributed by atoms with Gasteiger partial charge in [0.2, 0.25) is 11.8 Å². The molecule has 2 saturated carbocycles. The molecule has 0 aromatic carbocycles. The molecule has 0 bridgehead atoms. The van der Waals surface area contributed by atoms with Gasteiger partial charge in [0.15, 0.2) is 0 Å². The van der Waals surface area contributed by atoms with Gasteiger partial charge in [-0.2, -0.15) is 0 Å². The van der Waals surface area contributed by atoms with E-state index in [-0.39, 0.29) is 36.0 Å². The maximum absolute atomic E-state index is 12.7. The number of aromatic nitrogens is 3. The lowest BCUT2D eigenvalue weighted by molar-refractivity contribution is -0.136. The SMILES string of the molecule is CC(=O)NC1CCC(N(C(C)=O)[C@H]2CC[C@H](Nc3cc(-c4c[nH]c5ncccc45)cc(Cl)n3)CC2)CC1. The minimum absolute atomic E-state index is 0.0254.